The Labute approximate surface area is 126 Å². The summed E-state index contributed by atoms with van der Waals surface area (Å²) in [5.74, 6) is 0.322. The molecule has 2 rings (SSSR count). The van der Waals surface area contributed by atoms with Gasteiger partial charge in [0, 0.05) is 6.07 Å². The number of ether oxygens (including phenoxy) is 1. The van der Waals surface area contributed by atoms with Crippen molar-refractivity contribution in [3.05, 3.63) is 64.5 Å². The fourth-order valence-electron chi connectivity index (χ4n) is 2.46. The van der Waals surface area contributed by atoms with Crippen molar-refractivity contribution in [2.75, 3.05) is 13.7 Å². The lowest BCUT2D eigenvalue weighted by molar-refractivity contribution is 0.270. The molecule has 0 spiro atoms. The highest BCUT2D eigenvalue weighted by molar-refractivity contribution is 5.34. The van der Waals surface area contributed by atoms with Crippen LogP contribution < -0.4 is 10.1 Å². The van der Waals surface area contributed by atoms with Gasteiger partial charge in [-0.2, -0.15) is 0 Å². The molecule has 2 nitrogen and oxygen atoms in total. The van der Waals surface area contributed by atoms with Gasteiger partial charge in [-0.1, -0.05) is 35.4 Å². The molecule has 0 saturated heterocycles. The Kier molecular flexibility index (Phi) is 4.97. The molecule has 1 atom stereocenters. The predicted molar refractivity (Wildman–Crippen MR) is 84.3 cm³/mol. The first-order chi connectivity index (χ1) is 9.99. The summed E-state index contributed by atoms with van der Waals surface area (Å²) in [7, 11) is 1.91. The topological polar surface area (TPSA) is 21.3 Å². The largest absolute Gasteiger partial charge is 0.491 e. The van der Waals surface area contributed by atoms with Crippen LogP contribution in [0.1, 0.15) is 28.3 Å². The van der Waals surface area contributed by atoms with E-state index in [-0.39, 0.29) is 11.9 Å². The number of likely N-dealkylation sites (N-methyl/N-ethyl adjacent to an activating group) is 1. The quantitative estimate of drug-likeness (QED) is 0.894. The molecule has 112 valence electrons. The van der Waals surface area contributed by atoms with Crippen LogP contribution in [0.2, 0.25) is 0 Å². The lowest BCUT2D eigenvalue weighted by Gasteiger charge is -2.19. The van der Waals surface area contributed by atoms with Gasteiger partial charge >= 0.3 is 0 Å². The zero-order valence-electron chi connectivity index (χ0n) is 13.0. The highest BCUT2D eigenvalue weighted by Crippen LogP contribution is 2.22. The minimum atomic E-state index is -0.275. The van der Waals surface area contributed by atoms with E-state index in [0.717, 1.165) is 5.56 Å². The summed E-state index contributed by atoms with van der Waals surface area (Å²) in [6.07, 6.45) is 0. The fraction of sp³-hybridized carbons (Fsp3) is 0.333. The molecule has 0 aliphatic rings. The highest BCUT2D eigenvalue weighted by Gasteiger charge is 2.12. The van der Waals surface area contributed by atoms with Gasteiger partial charge in [0.15, 0.2) is 0 Å². The van der Waals surface area contributed by atoms with E-state index in [2.05, 4.69) is 37.4 Å². The van der Waals surface area contributed by atoms with Gasteiger partial charge in [0.2, 0.25) is 0 Å². The van der Waals surface area contributed by atoms with Crippen molar-refractivity contribution in [1.82, 2.24) is 5.32 Å². The van der Waals surface area contributed by atoms with E-state index in [1.54, 1.807) is 6.07 Å². The minimum Gasteiger partial charge on any atom is -0.491 e. The van der Waals surface area contributed by atoms with Crippen LogP contribution in [0.3, 0.4) is 0 Å². The van der Waals surface area contributed by atoms with Gasteiger partial charge in [-0.05, 0) is 45.0 Å². The average molecular weight is 287 g/mol. The van der Waals surface area contributed by atoms with E-state index in [0.29, 0.717) is 12.4 Å². The fourth-order valence-corrected chi connectivity index (χ4v) is 2.46. The second-order valence-electron chi connectivity index (χ2n) is 5.48. The number of halogens is 1. The zero-order chi connectivity index (χ0) is 15.4. The lowest BCUT2D eigenvalue weighted by Crippen LogP contribution is -2.23. The van der Waals surface area contributed by atoms with Gasteiger partial charge in [-0.15, -0.1) is 0 Å². The molecule has 1 unspecified atom stereocenters. The Balaban J connectivity index is 2.14. The van der Waals surface area contributed by atoms with E-state index in [1.807, 2.05) is 14.0 Å². The summed E-state index contributed by atoms with van der Waals surface area (Å²) in [6, 6.07) is 11.1. The Morgan fingerprint density at radius 2 is 1.71 bits per heavy atom. The SMILES string of the molecule is CNC(COc1cc(F)ccc1C)c1cc(C)cc(C)c1. The monoisotopic (exact) mass is 287 g/mol. The molecule has 0 heterocycles. The average Bonchev–Trinajstić information content (AvgIpc) is 2.42. The van der Waals surface area contributed by atoms with Crippen LogP contribution >= 0.6 is 0 Å². The molecule has 0 fully saturated rings. The molecular formula is C18H22FNO. The van der Waals surface area contributed by atoms with E-state index in [1.165, 1.54) is 28.8 Å². The number of hydrogen-bond donors (Lipinski definition) is 1. The van der Waals surface area contributed by atoms with Gasteiger partial charge in [0.25, 0.3) is 0 Å². The second kappa shape index (κ2) is 6.72. The third kappa shape index (κ3) is 4.05. The van der Waals surface area contributed by atoms with Crippen molar-refractivity contribution < 1.29 is 9.13 Å². The molecule has 1 N–H and O–H groups in total. The van der Waals surface area contributed by atoms with Crippen LogP contribution in [0.25, 0.3) is 0 Å². The van der Waals surface area contributed by atoms with Crippen molar-refractivity contribution in [2.45, 2.75) is 26.8 Å². The first kappa shape index (κ1) is 15.5. The summed E-state index contributed by atoms with van der Waals surface area (Å²) >= 11 is 0. The summed E-state index contributed by atoms with van der Waals surface area (Å²) in [6.45, 7) is 6.55. The van der Waals surface area contributed by atoms with Gasteiger partial charge in [0.05, 0.1) is 6.04 Å². The van der Waals surface area contributed by atoms with Crippen molar-refractivity contribution >= 4 is 0 Å². The van der Waals surface area contributed by atoms with Gasteiger partial charge in [-0.25, -0.2) is 4.39 Å². The van der Waals surface area contributed by atoms with Crippen molar-refractivity contribution in [3.8, 4) is 5.75 Å². The Morgan fingerprint density at radius 1 is 1.05 bits per heavy atom. The van der Waals surface area contributed by atoms with Gasteiger partial charge in [-0.3, -0.25) is 0 Å². The maximum atomic E-state index is 13.3. The standard InChI is InChI=1S/C18H22FNO/c1-12-7-13(2)9-15(8-12)17(20-4)11-21-18-10-16(19)6-5-14(18)3/h5-10,17,20H,11H2,1-4H3. The Morgan fingerprint density at radius 3 is 2.33 bits per heavy atom. The van der Waals surface area contributed by atoms with E-state index >= 15 is 0 Å². The molecule has 0 aromatic heterocycles. The highest BCUT2D eigenvalue weighted by atomic mass is 19.1. The minimum absolute atomic E-state index is 0.0752. The van der Waals surface area contributed by atoms with Crippen LogP contribution in [0.15, 0.2) is 36.4 Å². The van der Waals surface area contributed by atoms with Crippen LogP contribution in [0.4, 0.5) is 4.39 Å². The second-order valence-corrected chi connectivity index (χ2v) is 5.48. The first-order valence-corrected chi connectivity index (χ1v) is 7.14. The maximum Gasteiger partial charge on any atom is 0.126 e. The third-order valence-corrected chi connectivity index (χ3v) is 3.55. The molecule has 0 aliphatic heterocycles. The molecule has 0 radical (unpaired) electrons. The molecule has 21 heavy (non-hydrogen) atoms. The van der Waals surface area contributed by atoms with E-state index in [4.69, 9.17) is 4.74 Å². The van der Waals surface area contributed by atoms with E-state index in [9.17, 15) is 4.39 Å². The van der Waals surface area contributed by atoms with Gasteiger partial charge in [0.1, 0.15) is 18.2 Å². The molecule has 0 aliphatic carbocycles. The molecule has 2 aromatic rings. The van der Waals surface area contributed by atoms with Crippen LogP contribution in [0, 0.1) is 26.6 Å². The van der Waals surface area contributed by atoms with Crippen LogP contribution in [-0.4, -0.2) is 13.7 Å². The van der Waals surface area contributed by atoms with Gasteiger partial charge < -0.3 is 10.1 Å². The van der Waals surface area contributed by atoms with E-state index < -0.39 is 0 Å². The Hall–Kier alpha value is -1.87. The molecule has 0 saturated carbocycles. The zero-order valence-corrected chi connectivity index (χ0v) is 13.0. The number of benzene rings is 2. The van der Waals surface area contributed by atoms with Crippen molar-refractivity contribution in [2.24, 2.45) is 0 Å². The summed E-state index contributed by atoms with van der Waals surface area (Å²) in [5, 5.41) is 3.26. The van der Waals surface area contributed by atoms with Crippen LogP contribution in [-0.2, 0) is 0 Å². The number of aryl methyl sites for hydroxylation is 3. The molecule has 0 amide bonds. The maximum absolute atomic E-state index is 13.3. The summed E-state index contributed by atoms with van der Waals surface area (Å²) in [5.41, 5.74) is 4.58. The molecule has 3 heteroatoms. The summed E-state index contributed by atoms with van der Waals surface area (Å²) in [4.78, 5) is 0. The third-order valence-electron chi connectivity index (χ3n) is 3.55. The van der Waals surface area contributed by atoms with Crippen molar-refractivity contribution in [3.63, 3.8) is 0 Å². The van der Waals surface area contributed by atoms with Crippen LogP contribution in [0.5, 0.6) is 5.75 Å². The van der Waals surface area contributed by atoms with Crippen molar-refractivity contribution in [1.29, 1.82) is 0 Å². The number of hydrogen-bond acceptors (Lipinski definition) is 2. The summed E-state index contributed by atoms with van der Waals surface area (Å²) < 4.78 is 19.1. The molecular weight excluding hydrogens is 265 g/mol. The Bertz CT molecular complexity index is 604. The predicted octanol–water partition coefficient (Wildman–Crippen LogP) is 4.09. The molecule has 0 bridgehead atoms. The first-order valence-electron chi connectivity index (χ1n) is 7.14. The normalized spacial score (nSPS) is 12.2. The number of nitrogens with one attached hydrogen (secondary N) is 1. The lowest BCUT2D eigenvalue weighted by atomic mass is 10.0. The smallest absolute Gasteiger partial charge is 0.126 e. The molecule has 2 aromatic carbocycles. The number of rotatable bonds is 5.